The van der Waals surface area contributed by atoms with Gasteiger partial charge in [-0.05, 0) is 43.9 Å². The highest BCUT2D eigenvalue weighted by atomic mass is 15.0. The van der Waals surface area contributed by atoms with E-state index in [-0.39, 0.29) is 0 Å². The van der Waals surface area contributed by atoms with Crippen molar-refractivity contribution in [3.8, 4) is 0 Å². The second-order valence-corrected chi connectivity index (χ2v) is 5.93. The van der Waals surface area contributed by atoms with Crippen molar-refractivity contribution in [3.05, 3.63) is 36.0 Å². The third kappa shape index (κ3) is 3.86. The predicted molar refractivity (Wildman–Crippen MR) is 88.3 cm³/mol. The van der Waals surface area contributed by atoms with E-state index in [1.54, 1.807) is 0 Å². The summed E-state index contributed by atoms with van der Waals surface area (Å²) in [5, 5.41) is 4.93. The summed E-state index contributed by atoms with van der Waals surface area (Å²) in [6.45, 7) is 8.91. The van der Waals surface area contributed by atoms with Crippen molar-refractivity contribution in [1.82, 2.24) is 9.88 Å². The van der Waals surface area contributed by atoms with E-state index in [1.807, 2.05) is 0 Å². The molecule has 0 aliphatic rings. The molecule has 2 rings (SSSR count). The van der Waals surface area contributed by atoms with E-state index in [9.17, 15) is 0 Å². The van der Waals surface area contributed by atoms with Crippen LogP contribution in [0.3, 0.4) is 0 Å². The predicted octanol–water partition coefficient (Wildman–Crippen LogP) is 4.37. The Morgan fingerprint density at radius 3 is 2.70 bits per heavy atom. The molecule has 0 radical (unpaired) electrons. The number of nitrogens with zero attached hydrogens (tertiary/aromatic N) is 1. The maximum Gasteiger partial charge on any atom is 0.0483 e. The molecule has 1 aromatic carbocycles. The first-order valence-corrected chi connectivity index (χ1v) is 8.02. The SMILES string of the molecule is CCCn1cc(CCCCNC(C)C)c2ccccc21. The van der Waals surface area contributed by atoms with E-state index in [4.69, 9.17) is 0 Å². The molecule has 0 aliphatic carbocycles. The lowest BCUT2D eigenvalue weighted by molar-refractivity contribution is 0.557. The zero-order valence-corrected chi connectivity index (χ0v) is 13.2. The molecule has 0 bridgehead atoms. The molecule has 1 heterocycles. The molecule has 0 fully saturated rings. The van der Waals surface area contributed by atoms with E-state index in [1.165, 1.54) is 42.1 Å². The van der Waals surface area contributed by atoms with Gasteiger partial charge in [0.15, 0.2) is 0 Å². The summed E-state index contributed by atoms with van der Waals surface area (Å²) in [4.78, 5) is 0. The second kappa shape index (κ2) is 7.49. The summed E-state index contributed by atoms with van der Waals surface area (Å²) in [6, 6.07) is 9.41. The Labute approximate surface area is 123 Å². The number of para-hydroxylation sites is 1. The summed E-state index contributed by atoms with van der Waals surface area (Å²) in [5.74, 6) is 0. The van der Waals surface area contributed by atoms with Crippen molar-refractivity contribution in [2.75, 3.05) is 6.54 Å². The van der Waals surface area contributed by atoms with Gasteiger partial charge in [-0.3, -0.25) is 0 Å². The first-order chi connectivity index (χ1) is 9.72. The molecule has 0 unspecified atom stereocenters. The number of aryl methyl sites for hydroxylation is 2. The van der Waals surface area contributed by atoms with Gasteiger partial charge in [-0.15, -0.1) is 0 Å². The van der Waals surface area contributed by atoms with Gasteiger partial charge in [0, 0.05) is 29.7 Å². The highest BCUT2D eigenvalue weighted by molar-refractivity contribution is 5.83. The van der Waals surface area contributed by atoms with Crippen molar-refractivity contribution in [2.24, 2.45) is 0 Å². The Bertz CT molecular complexity index is 525. The monoisotopic (exact) mass is 272 g/mol. The minimum absolute atomic E-state index is 0.599. The Morgan fingerprint density at radius 1 is 1.15 bits per heavy atom. The van der Waals surface area contributed by atoms with Gasteiger partial charge in [0.1, 0.15) is 0 Å². The van der Waals surface area contributed by atoms with E-state index < -0.39 is 0 Å². The largest absolute Gasteiger partial charge is 0.347 e. The standard InChI is InChI=1S/C18H28N2/c1-4-13-20-14-16(9-7-8-12-19-15(2)3)17-10-5-6-11-18(17)20/h5-6,10-11,14-15,19H,4,7-9,12-13H2,1-3H3. The van der Waals surface area contributed by atoms with Crippen LogP contribution in [0.15, 0.2) is 30.5 Å². The molecule has 1 aromatic heterocycles. The highest BCUT2D eigenvalue weighted by Gasteiger charge is 2.07. The molecule has 1 N–H and O–H groups in total. The van der Waals surface area contributed by atoms with Crippen LogP contribution in [0.1, 0.15) is 45.6 Å². The van der Waals surface area contributed by atoms with Crippen LogP contribution >= 0.6 is 0 Å². The average Bonchev–Trinajstić information content (AvgIpc) is 2.77. The molecule has 0 atom stereocenters. The van der Waals surface area contributed by atoms with E-state index in [2.05, 4.69) is 61.1 Å². The molecule has 0 spiro atoms. The fourth-order valence-electron chi connectivity index (χ4n) is 2.78. The van der Waals surface area contributed by atoms with Gasteiger partial charge in [-0.25, -0.2) is 0 Å². The van der Waals surface area contributed by atoms with Crippen LogP contribution in [-0.4, -0.2) is 17.2 Å². The van der Waals surface area contributed by atoms with Gasteiger partial charge in [-0.1, -0.05) is 39.0 Å². The van der Waals surface area contributed by atoms with Crippen LogP contribution in [0, 0.1) is 0 Å². The number of rotatable bonds is 8. The van der Waals surface area contributed by atoms with Crippen LogP contribution in [0.2, 0.25) is 0 Å². The molecule has 20 heavy (non-hydrogen) atoms. The molecule has 2 aromatic rings. The number of benzene rings is 1. The van der Waals surface area contributed by atoms with E-state index in [0.717, 1.165) is 13.1 Å². The van der Waals surface area contributed by atoms with Gasteiger partial charge in [0.05, 0.1) is 0 Å². The minimum Gasteiger partial charge on any atom is -0.347 e. The van der Waals surface area contributed by atoms with Gasteiger partial charge in [0.25, 0.3) is 0 Å². The number of hydrogen-bond acceptors (Lipinski definition) is 1. The van der Waals surface area contributed by atoms with Crippen molar-refractivity contribution < 1.29 is 0 Å². The van der Waals surface area contributed by atoms with Gasteiger partial charge < -0.3 is 9.88 Å². The molecule has 0 aliphatic heterocycles. The normalized spacial score (nSPS) is 11.6. The molecular weight excluding hydrogens is 244 g/mol. The van der Waals surface area contributed by atoms with E-state index >= 15 is 0 Å². The summed E-state index contributed by atoms with van der Waals surface area (Å²) in [7, 11) is 0. The van der Waals surface area contributed by atoms with Gasteiger partial charge in [-0.2, -0.15) is 0 Å². The Balaban J connectivity index is 1.99. The number of unbranched alkanes of at least 4 members (excludes halogenated alkanes) is 1. The van der Waals surface area contributed by atoms with Gasteiger partial charge in [0.2, 0.25) is 0 Å². The number of hydrogen-bond donors (Lipinski definition) is 1. The maximum absolute atomic E-state index is 3.49. The Hall–Kier alpha value is -1.28. The topological polar surface area (TPSA) is 17.0 Å². The summed E-state index contributed by atoms with van der Waals surface area (Å²) in [5.41, 5.74) is 2.91. The molecule has 0 saturated carbocycles. The lowest BCUT2D eigenvalue weighted by Gasteiger charge is -2.07. The third-order valence-corrected chi connectivity index (χ3v) is 3.76. The zero-order valence-electron chi connectivity index (χ0n) is 13.2. The van der Waals surface area contributed by atoms with Crippen LogP contribution < -0.4 is 5.32 Å². The number of fused-ring (bicyclic) bond motifs is 1. The fourth-order valence-corrected chi connectivity index (χ4v) is 2.78. The Kier molecular flexibility index (Phi) is 5.66. The first-order valence-electron chi connectivity index (χ1n) is 8.02. The van der Waals surface area contributed by atoms with Crippen molar-refractivity contribution in [2.45, 2.75) is 59.0 Å². The van der Waals surface area contributed by atoms with Crippen LogP contribution in [0.5, 0.6) is 0 Å². The van der Waals surface area contributed by atoms with Crippen LogP contribution in [0.4, 0.5) is 0 Å². The summed E-state index contributed by atoms with van der Waals surface area (Å²) < 4.78 is 2.41. The van der Waals surface area contributed by atoms with E-state index in [0.29, 0.717) is 6.04 Å². The lowest BCUT2D eigenvalue weighted by Crippen LogP contribution is -2.23. The molecule has 0 saturated heterocycles. The van der Waals surface area contributed by atoms with Crippen LogP contribution in [0.25, 0.3) is 10.9 Å². The smallest absolute Gasteiger partial charge is 0.0483 e. The van der Waals surface area contributed by atoms with Crippen molar-refractivity contribution in [1.29, 1.82) is 0 Å². The summed E-state index contributed by atoms with van der Waals surface area (Å²) in [6.07, 6.45) is 7.27. The zero-order chi connectivity index (χ0) is 14.4. The maximum atomic E-state index is 3.49. The summed E-state index contributed by atoms with van der Waals surface area (Å²) >= 11 is 0. The molecule has 2 nitrogen and oxygen atoms in total. The average molecular weight is 272 g/mol. The minimum atomic E-state index is 0.599. The second-order valence-electron chi connectivity index (χ2n) is 5.93. The highest BCUT2D eigenvalue weighted by Crippen LogP contribution is 2.23. The number of aromatic nitrogens is 1. The molecule has 0 amide bonds. The Morgan fingerprint density at radius 2 is 1.95 bits per heavy atom. The molecular formula is C18H28N2. The first kappa shape index (κ1) is 15.1. The van der Waals surface area contributed by atoms with Crippen LogP contribution in [-0.2, 0) is 13.0 Å². The molecule has 2 heteroatoms. The molecule has 110 valence electrons. The quantitative estimate of drug-likeness (QED) is 0.706. The van der Waals surface area contributed by atoms with Crippen molar-refractivity contribution >= 4 is 10.9 Å². The van der Waals surface area contributed by atoms with Gasteiger partial charge >= 0.3 is 0 Å². The fraction of sp³-hybridized carbons (Fsp3) is 0.556. The lowest BCUT2D eigenvalue weighted by atomic mass is 10.1. The third-order valence-electron chi connectivity index (χ3n) is 3.76. The van der Waals surface area contributed by atoms with Crippen molar-refractivity contribution in [3.63, 3.8) is 0 Å². The number of nitrogens with one attached hydrogen (secondary N) is 1.